The SMILES string of the molecule is O=C(O)c1[nH]ccc1OCc1ccccc1. The van der Waals surface area contributed by atoms with Gasteiger partial charge in [-0.25, -0.2) is 4.79 Å². The topological polar surface area (TPSA) is 62.3 Å². The molecule has 0 aliphatic rings. The molecular weight excluding hydrogens is 206 g/mol. The number of rotatable bonds is 4. The second-order valence-electron chi connectivity index (χ2n) is 3.30. The van der Waals surface area contributed by atoms with E-state index in [4.69, 9.17) is 9.84 Å². The van der Waals surface area contributed by atoms with Crippen LogP contribution in [0.25, 0.3) is 0 Å². The Morgan fingerprint density at radius 1 is 1.25 bits per heavy atom. The maximum absolute atomic E-state index is 10.8. The summed E-state index contributed by atoms with van der Waals surface area (Å²) in [5, 5.41) is 8.84. The van der Waals surface area contributed by atoms with E-state index in [-0.39, 0.29) is 5.69 Å². The number of H-pyrrole nitrogens is 1. The van der Waals surface area contributed by atoms with Crippen LogP contribution in [-0.4, -0.2) is 16.1 Å². The van der Waals surface area contributed by atoms with Gasteiger partial charge in [-0.1, -0.05) is 30.3 Å². The first-order valence-corrected chi connectivity index (χ1v) is 4.85. The normalized spacial score (nSPS) is 10.0. The van der Waals surface area contributed by atoms with Crippen LogP contribution in [-0.2, 0) is 6.61 Å². The van der Waals surface area contributed by atoms with Gasteiger partial charge in [-0.15, -0.1) is 0 Å². The summed E-state index contributed by atoms with van der Waals surface area (Å²) in [4.78, 5) is 13.4. The molecule has 1 heterocycles. The van der Waals surface area contributed by atoms with E-state index in [1.807, 2.05) is 30.3 Å². The van der Waals surface area contributed by atoms with Gasteiger partial charge < -0.3 is 14.8 Å². The Balaban J connectivity index is 2.05. The Labute approximate surface area is 92.5 Å². The van der Waals surface area contributed by atoms with Crippen molar-refractivity contribution in [2.75, 3.05) is 0 Å². The van der Waals surface area contributed by atoms with Gasteiger partial charge in [-0.3, -0.25) is 0 Å². The van der Waals surface area contributed by atoms with E-state index in [2.05, 4.69) is 4.98 Å². The minimum atomic E-state index is -1.02. The Hall–Kier alpha value is -2.23. The van der Waals surface area contributed by atoms with Crippen molar-refractivity contribution < 1.29 is 14.6 Å². The molecule has 4 nitrogen and oxygen atoms in total. The smallest absolute Gasteiger partial charge is 0.356 e. The maximum atomic E-state index is 10.8. The van der Waals surface area contributed by atoms with E-state index in [1.54, 1.807) is 12.3 Å². The molecule has 0 fully saturated rings. The highest BCUT2D eigenvalue weighted by molar-refractivity contribution is 5.88. The fourth-order valence-electron chi connectivity index (χ4n) is 1.38. The molecule has 0 spiro atoms. The molecule has 0 aliphatic heterocycles. The molecule has 0 unspecified atom stereocenters. The van der Waals surface area contributed by atoms with Gasteiger partial charge in [0, 0.05) is 6.20 Å². The van der Waals surface area contributed by atoms with Crippen molar-refractivity contribution in [2.45, 2.75) is 6.61 Å². The highest BCUT2D eigenvalue weighted by atomic mass is 16.5. The monoisotopic (exact) mass is 217 g/mol. The minimum absolute atomic E-state index is 0.0796. The third-order valence-corrected chi connectivity index (χ3v) is 2.16. The van der Waals surface area contributed by atoms with Gasteiger partial charge >= 0.3 is 5.97 Å². The average molecular weight is 217 g/mol. The number of carbonyl (C=O) groups is 1. The van der Waals surface area contributed by atoms with Crippen LogP contribution in [0.1, 0.15) is 16.1 Å². The predicted molar refractivity (Wildman–Crippen MR) is 58.5 cm³/mol. The number of carboxylic acids is 1. The number of hydrogen-bond donors (Lipinski definition) is 2. The Bertz CT molecular complexity index is 476. The summed E-state index contributed by atoms with van der Waals surface area (Å²) >= 11 is 0. The zero-order valence-electron chi connectivity index (χ0n) is 8.51. The van der Waals surface area contributed by atoms with Crippen LogP contribution < -0.4 is 4.74 Å². The van der Waals surface area contributed by atoms with Crippen molar-refractivity contribution in [3.8, 4) is 5.75 Å². The summed E-state index contributed by atoms with van der Waals surface area (Å²) in [5.74, 6) is -0.663. The molecule has 2 aromatic rings. The highest BCUT2D eigenvalue weighted by Gasteiger charge is 2.11. The van der Waals surface area contributed by atoms with Crippen LogP contribution in [0.4, 0.5) is 0 Å². The van der Waals surface area contributed by atoms with E-state index < -0.39 is 5.97 Å². The standard InChI is InChI=1S/C12H11NO3/c14-12(15)11-10(6-7-13-11)16-8-9-4-2-1-3-5-9/h1-7,13H,8H2,(H,14,15). The van der Waals surface area contributed by atoms with Crippen LogP contribution in [0.2, 0.25) is 0 Å². The molecular formula is C12H11NO3. The number of hydrogen-bond acceptors (Lipinski definition) is 2. The van der Waals surface area contributed by atoms with Gasteiger partial charge in [0.2, 0.25) is 0 Å². The van der Waals surface area contributed by atoms with Gasteiger partial charge in [0.25, 0.3) is 0 Å². The van der Waals surface area contributed by atoms with E-state index in [9.17, 15) is 4.79 Å². The number of nitrogens with one attached hydrogen (secondary N) is 1. The summed E-state index contributed by atoms with van der Waals surface area (Å²) in [6.45, 7) is 0.360. The van der Waals surface area contributed by atoms with Crippen LogP contribution in [0.3, 0.4) is 0 Å². The lowest BCUT2D eigenvalue weighted by molar-refractivity contribution is 0.0686. The molecule has 0 radical (unpaired) electrons. The largest absolute Gasteiger partial charge is 0.486 e. The van der Waals surface area contributed by atoms with E-state index in [0.29, 0.717) is 12.4 Å². The number of carboxylic acid groups (broad SMARTS) is 1. The van der Waals surface area contributed by atoms with Crippen LogP contribution in [0, 0.1) is 0 Å². The highest BCUT2D eigenvalue weighted by Crippen LogP contribution is 2.17. The first-order chi connectivity index (χ1) is 7.77. The second kappa shape index (κ2) is 4.53. The fraction of sp³-hybridized carbons (Fsp3) is 0.0833. The van der Waals surface area contributed by atoms with E-state index >= 15 is 0 Å². The summed E-state index contributed by atoms with van der Waals surface area (Å²) in [6.07, 6.45) is 1.55. The van der Waals surface area contributed by atoms with E-state index in [0.717, 1.165) is 5.56 Å². The fourth-order valence-corrected chi connectivity index (χ4v) is 1.38. The molecule has 2 rings (SSSR count). The van der Waals surface area contributed by atoms with Crippen molar-refractivity contribution in [3.63, 3.8) is 0 Å². The number of ether oxygens (including phenoxy) is 1. The summed E-state index contributed by atoms with van der Waals surface area (Å²) in [7, 11) is 0. The lowest BCUT2D eigenvalue weighted by atomic mass is 10.2. The molecule has 0 atom stereocenters. The average Bonchev–Trinajstić information content (AvgIpc) is 2.76. The summed E-state index contributed by atoms with van der Waals surface area (Å²) in [5.41, 5.74) is 1.08. The van der Waals surface area contributed by atoms with Crippen LogP contribution in [0.15, 0.2) is 42.6 Å². The molecule has 1 aromatic heterocycles. The zero-order chi connectivity index (χ0) is 11.4. The van der Waals surface area contributed by atoms with Crippen molar-refractivity contribution in [1.29, 1.82) is 0 Å². The van der Waals surface area contributed by atoms with Crippen LogP contribution in [0.5, 0.6) is 5.75 Å². The molecule has 1 aromatic carbocycles. The molecule has 2 N–H and O–H groups in total. The lowest BCUT2D eigenvalue weighted by Crippen LogP contribution is -2.02. The second-order valence-corrected chi connectivity index (χ2v) is 3.30. The molecule has 16 heavy (non-hydrogen) atoms. The molecule has 82 valence electrons. The molecule has 0 bridgehead atoms. The van der Waals surface area contributed by atoms with Gasteiger partial charge in [-0.05, 0) is 11.6 Å². The van der Waals surface area contributed by atoms with Crippen molar-refractivity contribution in [2.24, 2.45) is 0 Å². The number of benzene rings is 1. The number of aromatic carboxylic acids is 1. The summed E-state index contributed by atoms with van der Waals surface area (Å²) in [6, 6.07) is 11.2. The van der Waals surface area contributed by atoms with Crippen molar-refractivity contribution >= 4 is 5.97 Å². The minimum Gasteiger partial charge on any atom is -0.486 e. The van der Waals surface area contributed by atoms with Gasteiger partial charge in [0.1, 0.15) is 6.61 Å². The predicted octanol–water partition coefficient (Wildman–Crippen LogP) is 2.29. The number of aromatic nitrogens is 1. The molecule has 4 heteroatoms. The van der Waals surface area contributed by atoms with Crippen molar-refractivity contribution in [3.05, 3.63) is 53.9 Å². The Morgan fingerprint density at radius 3 is 2.69 bits per heavy atom. The third kappa shape index (κ3) is 2.23. The summed E-state index contributed by atoms with van der Waals surface area (Å²) < 4.78 is 5.41. The van der Waals surface area contributed by atoms with Crippen molar-refractivity contribution in [1.82, 2.24) is 4.98 Å². The Kier molecular flexibility index (Phi) is 2.91. The zero-order valence-corrected chi connectivity index (χ0v) is 8.51. The molecule has 0 amide bonds. The van der Waals surface area contributed by atoms with Gasteiger partial charge in [-0.2, -0.15) is 0 Å². The first kappa shape index (κ1) is 10.3. The molecule has 0 aliphatic carbocycles. The number of aromatic amines is 1. The first-order valence-electron chi connectivity index (χ1n) is 4.85. The van der Waals surface area contributed by atoms with E-state index in [1.165, 1.54) is 0 Å². The Morgan fingerprint density at radius 2 is 2.00 bits per heavy atom. The quantitative estimate of drug-likeness (QED) is 0.825. The lowest BCUT2D eigenvalue weighted by Gasteiger charge is -2.04. The molecule has 0 saturated heterocycles. The van der Waals surface area contributed by atoms with Gasteiger partial charge in [0.15, 0.2) is 11.4 Å². The van der Waals surface area contributed by atoms with Crippen LogP contribution >= 0.6 is 0 Å². The maximum Gasteiger partial charge on any atom is 0.356 e. The molecule has 0 saturated carbocycles. The van der Waals surface area contributed by atoms with Gasteiger partial charge in [0.05, 0.1) is 0 Å². The third-order valence-electron chi connectivity index (χ3n) is 2.16.